The summed E-state index contributed by atoms with van der Waals surface area (Å²) in [6.45, 7) is 4.04. The quantitative estimate of drug-likeness (QED) is 0.742. The molecule has 1 aliphatic rings. The molecule has 0 atom stereocenters. The molecule has 0 unspecified atom stereocenters. The van der Waals surface area contributed by atoms with Crippen LogP contribution in [0.2, 0.25) is 0 Å². The summed E-state index contributed by atoms with van der Waals surface area (Å²) in [5.74, 6) is -0.272. The lowest BCUT2D eigenvalue weighted by atomic mass is 10.0. The summed E-state index contributed by atoms with van der Waals surface area (Å²) >= 11 is 0. The molecule has 90 valence electrons. The third-order valence-corrected chi connectivity index (χ3v) is 2.86. The first-order valence-corrected chi connectivity index (χ1v) is 5.79. The topological polar surface area (TPSA) is 34.1 Å². The second-order valence-electron chi connectivity index (χ2n) is 4.39. The van der Waals surface area contributed by atoms with Crippen molar-refractivity contribution in [3.05, 3.63) is 64.8 Å². The third-order valence-electron chi connectivity index (χ3n) is 2.86. The molecule has 0 heterocycles. The molecule has 0 amide bonds. The van der Waals surface area contributed by atoms with Gasteiger partial charge in [-0.3, -0.25) is 9.59 Å². The van der Waals surface area contributed by atoms with Crippen molar-refractivity contribution in [2.75, 3.05) is 0 Å². The predicted octanol–water partition coefficient (Wildman–Crippen LogP) is 2.95. The Morgan fingerprint density at radius 1 is 1.00 bits per heavy atom. The van der Waals surface area contributed by atoms with Gasteiger partial charge in [0.2, 0.25) is 0 Å². The summed E-state index contributed by atoms with van der Waals surface area (Å²) in [5.41, 5.74) is 3.80. The average molecular weight is 238 g/mol. The van der Waals surface area contributed by atoms with Gasteiger partial charge in [-0.2, -0.15) is 0 Å². The summed E-state index contributed by atoms with van der Waals surface area (Å²) in [4.78, 5) is 22.8. The molecular formula is C16H14O2. The van der Waals surface area contributed by atoms with E-state index < -0.39 is 0 Å². The van der Waals surface area contributed by atoms with Crippen LogP contribution in [0.15, 0.2) is 48.1 Å². The zero-order valence-corrected chi connectivity index (χ0v) is 10.4. The number of allylic oxidation sites excluding steroid dienone is 5. The largest absolute Gasteiger partial charge is 0.290 e. The van der Waals surface area contributed by atoms with Gasteiger partial charge in [-0.15, -0.1) is 0 Å². The fourth-order valence-electron chi connectivity index (χ4n) is 1.78. The Balaban J connectivity index is 2.28. The van der Waals surface area contributed by atoms with E-state index in [1.807, 2.05) is 32.1 Å². The molecule has 1 aliphatic carbocycles. The minimum Gasteiger partial charge on any atom is -0.290 e. The van der Waals surface area contributed by atoms with Crippen LogP contribution in [0.1, 0.15) is 16.7 Å². The molecule has 1 aromatic rings. The summed E-state index contributed by atoms with van der Waals surface area (Å²) in [6, 6.07) is 6.14. The van der Waals surface area contributed by atoms with Gasteiger partial charge in [0.1, 0.15) is 0 Å². The highest BCUT2D eigenvalue weighted by atomic mass is 16.1. The predicted molar refractivity (Wildman–Crippen MR) is 72.2 cm³/mol. The first-order chi connectivity index (χ1) is 8.56. The van der Waals surface area contributed by atoms with Gasteiger partial charge in [-0.25, -0.2) is 0 Å². The standard InChI is InChI=1S/C16H14O2/c1-11-3-4-12(2)13(9-11)5-6-14-10-15(17)7-8-16(14)18/h3-10H,1-2H3/b6-5+. The van der Waals surface area contributed by atoms with Crippen LogP contribution in [0.3, 0.4) is 0 Å². The van der Waals surface area contributed by atoms with E-state index in [1.54, 1.807) is 6.08 Å². The van der Waals surface area contributed by atoms with Crippen LogP contribution in [0.5, 0.6) is 0 Å². The summed E-state index contributed by atoms with van der Waals surface area (Å²) in [7, 11) is 0. The molecule has 0 spiro atoms. The van der Waals surface area contributed by atoms with Crippen molar-refractivity contribution in [3.63, 3.8) is 0 Å². The number of benzene rings is 1. The molecule has 0 bridgehead atoms. The van der Waals surface area contributed by atoms with Crippen molar-refractivity contribution in [1.82, 2.24) is 0 Å². The SMILES string of the molecule is Cc1ccc(C)c(/C=C/C2=CC(=O)C=CC2=O)c1. The highest BCUT2D eigenvalue weighted by Crippen LogP contribution is 2.15. The van der Waals surface area contributed by atoms with E-state index in [0.29, 0.717) is 5.57 Å². The molecule has 0 saturated heterocycles. The molecule has 0 fully saturated rings. The molecule has 0 saturated carbocycles. The second kappa shape index (κ2) is 4.96. The second-order valence-corrected chi connectivity index (χ2v) is 4.39. The number of hydrogen-bond donors (Lipinski definition) is 0. The Hall–Kier alpha value is -2.22. The normalized spacial score (nSPS) is 15.3. The van der Waals surface area contributed by atoms with Crippen molar-refractivity contribution < 1.29 is 9.59 Å². The zero-order valence-electron chi connectivity index (χ0n) is 10.4. The van der Waals surface area contributed by atoms with E-state index in [1.165, 1.54) is 23.8 Å². The third kappa shape index (κ3) is 2.72. The van der Waals surface area contributed by atoms with E-state index in [9.17, 15) is 9.59 Å². The maximum atomic E-state index is 11.6. The van der Waals surface area contributed by atoms with E-state index in [0.717, 1.165) is 11.1 Å². The Labute approximate surface area is 106 Å². The van der Waals surface area contributed by atoms with Crippen LogP contribution in [0.25, 0.3) is 6.08 Å². The van der Waals surface area contributed by atoms with Crippen LogP contribution in [-0.4, -0.2) is 11.6 Å². The van der Waals surface area contributed by atoms with Crippen LogP contribution in [0.4, 0.5) is 0 Å². The monoisotopic (exact) mass is 238 g/mol. The van der Waals surface area contributed by atoms with Crippen molar-refractivity contribution in [1.29, 1.82) is 0 Å². The molecule has 0 radical (unpaired) electrons. The van der Waals surface area contributed by atoms with Crippen molar-refractivity contribution >= 4 is 17.6 Å². The van der Waals surface area contributed by atoms with Crippen LogP contribution in [-0.2, 0) is 9.59 Å². The van der Waals surface area contributed by atoms with E-state index >= 15 is 0 Å². The summed E-state index contributed by atoms with van der Waals surface area (Å²) in [6.07, 6.45) is 7.54. The first kappa shape index (κ1) is 12.2. The fourth-order valence-corrected chi connectivity index (χ4v) is 1.78. The number of carbonyl (C=O) groups excluding carboxylic acids is 2. The number of hydrogen-bond acceptors (Lipinski definition) is 2. The van der Waals surface area contributed by atoms with Gasteiger partial charge in [-0.1, -0.05) is 35.9 Å². The van der Waals surface area contributed by atoms with Crippen molar-refractivity contribution in [2.24, 2.45) is 0 Å². The lowest BCUT2D eigenvalue weighted by molar-refractivity contribution is -0.114. The fraction of sp³-hybridized carbons (Fsp3) is 0.125. The van der Waals surface area contributed by atoms with Gasteiger partial charge < -0.3 is 0 Å². The maximum Gasteiger partial charge on any atom is 0.186 e. The molecular weight excluding hydrogens is 224 g/mol. The van der Waals surface area contributed by atoms with Gasteiger partial charge >= 0.3 is 0 Å². The first-order valence-electron chi connectivity index (χ1n) is 5.79. The Morgan fingerprint density at radius 2 is 1.78 bits per heavy atom. The number of rotatable bonds is 2. The molecule has 2 rings (SSSR count). The van der Waals surface area contributed by atoms with Crippen LogP contribution in [0, 0.1) is 13.8 Å². The highest BCUT2D eigenvalue weighted by Gasteiger charge is 2.09. The highest BCUT2D eigenvalue weighted by molar-refractivity contribution is 6.18. The van der Waals surface area contributed by atoms with Crippen molar-refractivity contribution in [2.45, 2.75) is 13.8 Å². The van der Waals surface area contributed by atoms with Gasteiger partial charge in [-0.05, 0) is 43.2 Å². The molecule has 0 aliphatic heterocycles. The van der Waals surface area contributed by atoms with Crippen molar-refractivity contribution in [3.8, 4) is 0 Å². The Bertz CT molecular complexity index is 602. The molecule has 2 heteroatoms. The minimum absolute atomic E-state index is 0.129. The number of ketones is 2. The van der Waals surface area contributed by atoms with Crippen LogP contribution < -0.4 is 0 Å². The van der Waals surface area contributed by atoms with Gasteiger partial charge in [0.15, 0.2) is 11.6 Å². The maximum absolute atomic E-state index is 11.6. The van der Waals surface area contributed by atoms with Gasteiger partial charge in [0.05, 0.1) is 0 Å². The molecule has 0 N–H and O–H groups in total. The van der Waals surface area contributed by atoms with E-state index in [4.69, 9.17) is 0 Å². The number of aryl methyl sites for hydroxylation is 2. The van der Waals surface area contributed by atoms with Gasteiger partial charge in [0, 0.05) is 5.57 Å². The zero-order chi connectivity index (χ0) is 13.1. The van der Waals surface area contributed by atoms with E-state index in [-0.39, 0.29) is 11.6 Å². The summed E-state index contributed by atoms with van der Waals surface area (Å²) < 4.78 is 0. The van der Waals surface area contributed by atoms with Crippen LogP contribution >= 0.6 is 0 Å². The summed E-state index contributed by atoms with van der Waals surface area (Å²) in [5, 5.41) is 0. The molecule has 0 aromatic heterocycles. The Kier molecular flexibility index (Phi) is 3.38. The molecule has 1 aromatic carbocycles. The smallest absolute Gasteiger partial charge is 0.186 e. The number of carbonyl (C=O) groups is 2. The Morgan fingerprint density at radius 3 is 2.56 bits per heavy atom. The molecule has 2 nitrogen and oxygen atoms in total. The average Bonchev–Trinajstić information content (AvgIpc) is 2.34. The van der Waals surface area contributed by atoms with E-state index in [2.05, 4.69) is 6.07 Å². The molecule has 18 heavy (non-hydrogen) atoms. The lowest BCUT2D eigenvalue weighted by Gasteiger charge is -2.03. The minimum atomic E-state index is -0.143. The van der Waals surface area contributed by atoms with Gasteiger partial charge in [0.25, 0.3) is 0 Å². The lowest BCUT2D eigenvalue weighted by Crippen LogP contribution is -2.05.